The van der Waals surface area contributed by atoms with Crippen molar-refractivity contribution in [1.82, 2.24) is 14.5 Å². The van der Waals surface area contributed by atoms with Gasteiger partial charge in [0.05, 0.1) is 17.7 Å². The van der Waals surface area contributed by atoms with Crippen molar-refractivity contribution in [2.75, 3.05) is 0 Å². The molecule has 3 N–H and O–H groups in total. The van der Waals surface area contributed by atoms with Crippen molar-refractivity contribution < 1.29 is 9.90 Å². The lowest BCUT2D eigenvalue weighted by atomic mass is 10.1. The standard InChI is InChI=1S/C21H18N4O2S/c22-21(27)16-10-15(6-7-18(16)26)17-13-28-20(24-17)11-19-23-8-9-25(19)12-14-4-2-1-3-5-14/h1-10,13,26H,11-12H2,(H2,22,27). The Hall–Kier alpha value is -3.45. The number of carbonyl (C=O) groups is 1. The first-order valence-corrected chi connectivity index (χ1v) is 9.59. The quantitative estimate of drug-likeness (QED) is 0.527. The molecule has 0 bridgehead atoms. The van der Waals surface area contributed by atoms with Crippen LogP contribution in [0.15, 0.2) is 66.3 Å². The van der Waals surface area contributed by atoms with E-state index in [-0.39, 0.29) is 11.3 Å². The first-order chi connectivity index (χ1) is 13.6. The molecular weight excluding hydrogens is 372 g/mol. The summed E-state index contributed by atoms with van der Waals surface area (Å²) < 4.78 is 2.11. The van der Waals surface area contributed by atoms with E-state index in [1.54, 1.807) is 18.3 Å². The van der Waals surface area contributed by atoms with Crippen LogP contribution in [-0.4, -0.2) is 25.5 Å². The molecule has 0 fully saturated rings. The van der Waals surface area contributed by atoms with Crippen LogP contribution < -0.4 is 5.73 Å². The molecule has 0 saturated heterocycles. The highest BCUT2D eigenvalue weighted by Crippen LogP contribution is 2.27. The van der Waals surface area contributed by atoms with Crippen LogP contribution in [0.4, 0.5) is 0 Å². The summed E-state index contributed by atoms with van der Waals surface area (Å²) in [4.78, 5) is 20.6. The number of benzene rings is 2. The number of hydrogen-bond acceptors (Lipinski definition) is 5. The van der Waals surface area contributed by atoms with Crippen molar-refractivity contribution in [3.05, 3.63) is 88.3 Å². The minimum Gasteiger partial charge on any atom is -0.507 e. The molecule has 7 heteroatoms. The van der Waals surface area contributed by atoms with Gasteiger partial charge in [-0.1, -0.05) is 30.3 Å². The number of carbonyl (C=O) groups excluding carboxylic acids is 1. The molecule has 1 amide bonds. The summed E-state index contributed by atoms with van der Waals surface area (Å²) in [5, 5.41) is 12.6. The Kier molecular flexibility index (Phi) is 4.90. The van der Waals surface area contributed by atoms with Gasteiger partial charge < -0.3 is 15.4 Å². The topological polar surface area (TPSA) is 94.0 Å². The van der Waals surface area contributed by atoms with Crippen molar-refractivity contribution >= 4 is 17.2 Å². The third-order valence-corrected chi connectivity index (χ3v) is 5.27. The summed E-state index contributed by atoms with van der Waals surface area (Å²) in [6, 6.07) is 15.0. The van der Waals surface area contributed by atoms with E-state index in [2.05, 4.69) is 26.7 Å². The lowest BCUT2D eigenvalue weighted by Crippen LogP contribution is -2.11. The third-order valence-electron chi connectivity index (χ3n) is 4.42. The Morgan fingerprint density at radius 2 is 2.00 bits per heavy atom. The zero-order valence-electron chi connectivity index (χ0n) is 14.9. The van der Waals surface area contributed by atoms with Crippen LogP contribution in [0.25, 0.3) is 11.3 Å². The number of nitrogens with two attached hydrogens (primary N) is 1. The van der Waals surface area contributed by atoms with Gasteiger partial charge in [0.25, 0.3) is 5.91 Å². The molecule has 2 aromatic carbocycles. The van der Waals surface area contributed by atoms with Crippen LogP contribution in [-0.2, 0) is 13.0 Å². The van der Waals surface area contributed by atoms with Crippen LogP contribution in [0.2, 0.25) is 0 Å². The fourth-order valence-electron chi connectivity index (χ4n) is 2.98. The molecule has 4 aromatic rings. The van der Waals surface area contributed by atoms with E-state index in [1.165, 1.54) is 23.0 Å². The third kappa shape index (κ3) is 3.79. The Bertz CT molecular complexity index is 1120. The smallest absolute Gasteiger partial charge is 0.252 e. The van der Waals surface area contributed by atoms with E-state index >= 15 is 0 Å². The van der Waals surface area contributed by atoms with Gasteiger partial charge >= 0.3 is 0 Å². The maximum Gasteiger partial charge on any atom is 0.252 e. The van der Waals surface area contributed by atoms with Crippen molar-refractivity contribution in [3.63, 3.8) is 0 Å². The van der Waals surface area contributed by atoms with E-state index in [4.69, 9.17) is 5.73 Å². The molecular formula is C21H18N4O2S. The lowest BCUT2D eigenvalue weighted by Gasteiger charge is -2.07. The van der Waals surface area contributed by atoms with Crippen LogP contribution in [0, 0.1) is 0 Å². The molecule has 0 saturated carbocycles. The fraction of sp³-hybridized carbons (Fsp3) is 0.0952. The van der Waals surface area contributed by atoms with Crippen molar-refractivity contribution in [2.24, 2.45) is 5.73 Å². The highest BCUT2D eigenvalue weighted by atomic mass is 32.1. The number of imidazole rings is 1. The van der Waals surface area contributed by atoms with Gasteiger partial charge in [-0.05, 0) is 23.8 Å². The van der Waals surface area contributed by atoms with E-state index < -0.39 is 5.91 Å². The number of primary amides is 1. The molecule has 0 unspecified atom stereocenters. The summed E-state index contributed by atoms with van der Waals surface area (Å²) in [5.41, 5.74) is 8.09. The summed E-state index contributed by atoms with van der Waals surface area (Å²) in [6.07, 6.45) is 4.38. The average molecular weight is 390 g/mol. The summed E-state index contributed by atoms with van der Waals surface area (Å²) in [7, 11) is 0. The largest absolute Gasteiger partial charge is 0.507 e. The summed E-state index contributed by atoms with van der Waals surface area (Å²) in [5.74, 6) is 0.140. The number of rotatable bonds is 6. The molecule has 2 aromatic heterocycles. The average Bonchev–Trinajstić information content (AvgIpc) is 3.33. The van der Waals surface area contributed by atoms with E-state index in [0.29, 0.717) is 6.42 Å². The second-order valence-corrected chi connectivity index (χ2v) is 7.30. The van der Waals surface area contributed by atoms with Gasteiger partial charge in [0.15, 0.2) is 0 Å². The molecule has 2 heterocycles. The maximum absolute atomic E-state index is 11.4. The lowest BCUT2D eigenvalue weighted by molar-refractivity contribution is 0.0998. The number of hydrogen-bond donors (Lipinski definition) is 2. The SMILES string of the molecule is NC(=O)c1cc(-c2csc(Cc3nccn3Cc3ccccc3)n2)ccc1O. The number of amides is 1. The zero-order valence-corrected chi connectivity index (χ0v) is 15.8. The Balaban J connectivity index is 1.54. The molecule has 0 radical (unpaired) electrons. The molecule has 4 rings (SSSR count). The highest BCUT2D eigenvalue weighted by Gasteiger charge is 2.13. The number of phenols is 1. The van der Waals surface area contributed by atoms with Crippen molar-refractivity contribution in [2.45, 2.75) is 13.0 Å². The van der Waals surface area contributed by atoms with Crippen LogP contribution in [0.5, 0.6) is 5.75 Å². The number of aromatic hydroxyl groups is 1. The molecule has 140 valence electrons. The number of nitrogens with zero attached hydrogens (tertiary/aromatic N) is 3. The molecule has 6 nitrogen and oxygen atoms in total. The molecule has 0 aliphatic carbocycles. The molecule has 0 atom stereocenters. The Labute approximate surface area is 165 Å². The van der Waals surface area contributed by atoms with Crippen LogP contribution in [0.3, 0.4) is 0 Å². The zero-order chi connectivity index (χ0) is 19.5. The van der Waals surface area contributed by atoms with Crippen molar-refractivity contribution in [1.29, 1.82) is 0 Å². The Morgan fingerprint density at radius 3 is 2.79 bits per heavy atom. The predicted molar refractivity (Wildman–Crippen MR) is 108 cm³/mol. The maximum atomic E-state index is 11.4. The van der Waals surface area contributed by atoms with Gasteiger partial charge in [0.1, 0.15) is 16.6 Å². The number of thiazole rings is 1. The first-order valence-electron chi connectivity index (χ1n) is 8.71. The Morgan fingerprint density at radius 1 is 1.18 bits per heavy atom. The molecule has 0 aliphatic rings. The number of aromatic nitrogens is 3. The predicted octanol–water partition coefficient (Wildman–Crippen LogP) is 3.45. The first kappa shape index (κ1) is 17.9. The van der Waals surface area contributed by atoms with Gasteiger partial charge in [0.2, 0.25) is 0 Å². The van der Waals surface area contributed by atoms with E-state index in [0.717, 1.165) is 28.6 Å². The fourth-order valence-corrected chi connectivity index (χ4v) is 3.78. The minimum absolute atomic E-state index is 0.0884. The monoisotopic (exact) mass is 390 g/mol. The highest BCUT2D eigenvalue weighted by molar-refractivity contribution is 7.10. The van der Waals surface area contributed by atoms with Gasteiger partial charge in [-0.25, -0.2) is 9.97 Å². The summed E-state index contributed by atoms with van der Waals surface area (Å²) in [6.45, 7) is 0.758. The van der Waals surface area contributed by atoms with E-state index in [1.807, 2.05) is 29.8 Å². The van der Waals surface area contributed by atoms with Gasteiger partial charge in [-0.2, -0.15) is 0 Å². The van der Waals surface area contributed by atoms with Gasteiger partial charge in [-0.3, -0.25) is 4.79 Å². The second-order valence-electron chi connectivity index (χ2n) is 6.36. The molecule has 0 aliphatic heterocycles. The second kappa shape index (κ2) is 7.66. The normalized spacial score (nSPS) is 10.9. The van der Waals surface area contributed by atoms with Gasteiger partial charge in [-0.15, -0.1) is 11.3 Å². The minimum atomic E-state index is -0.669. The van der Waals surface area contributed by atoms with Crippen LogP contribution >= 0.6 is 11.3 Å². The van der Waals surface area contributed by atoms with E-state index in [9.17, 15) is 9.90 Å². The van der Waals surface area contributed by atoms with Crippen molar-refractivity contribution in [3.8, 4) is 17.0 Å². The molecule has 0 spiro atoms. The van der Waals surface area contributed by atoms with Crippen LogP contribution in [0.1, 0.15) is 26.8 Å². The van der Waals surface area contributed by atoms with Gasteiger partial charge in [0, 0.05) is 29.9 Å². The summed E-state index contributed by atoms with van der Waals surface area (Å²) >= 11 is 1.53. The molecule has 28 heavy (non-hydrogen) atoms.